The highest BCUT2D eigenvalue weighted by Gasteiger charge is 2.24. The average molecular weight is 256 g/mol. The molecule has 2 atom stereocenters. The third-order valence-electron chi connectivity index (χ3n) is 3.43. The van der Waals surface area contributed by atoms with E-state index < -0.39 is 0 Å². The van der Waals surface area contributed by atoms with Gasteiger partial charge in [0.25, 0.3) is 0 Å². The van der Waals surface area contributed by atoms with Gasteiger partial charge in [-0.1, -0.05) is 6.92 Å². The van der Waals surface area contributed by atoms with Crippen molar-refractivity contribution in [3.63, 3.8) is 0 Å². The van der Waals surface area contributed by atoms with E-state index in [1.165, 1.54) is 0 Å². The van der Waals surface area contributed by atoms with Crippen molar-refractivity contribution in [3.8, 4) is 0 Å². The summed E-state index contributed by atoms with van der Waals surface area (Å²) in [6.45, 7) is 5.51. The molecule has 0 unspecified atom stereocenters. The molecule has 104 valence electrons. The molecule has 0 aliphatic carbocycles. The first-order valence-electron chi connectivity index (χ1n) is 6.70. The van der Waals surface area contributed by atoms with Crippen molar-refractivity contribution in [2.75, 3.05) is 19.7 Å². The van der Waals surface area contributed by atoms with Crippen molar-refractivity contribution in [2.24, 2.45) is 11.7 Å². The summed E-state index contributed by atoms with van der Waals surface area (Å²) in [7, 11) is 0. The van der Waals surface area contributed by atoms with Gasteiger partial charge < -0.3 is 15.4 Å². The molecule has 1 fully saturated rings. The third-order valence-corrected chi connectivity index (χ3v) is 3.43. The van der Waals surface area contributed by atoms with Crippen molar-refractivity contribution < 1.29 is 14.3 Å². The second kappa shape index (κ2) is 7.36. The molecular formula is C13H24N2O3. The van der Waals surface area contributed by atoms with E-state index in [9.17, 15) is 9.59 Å². The first-order chi connectivity index (χ1) is 8.52. The fourth-order valence-corrected chi connectivity index (χ4v) is 2.17. The van der Waals surface area contributed by atoms with Crippen molar-refractivity contribution in [3.05, 3.63) is 0 Å². The second-order valence-electron chi connectivity index (χ2n) is 5.05. The molecule has 1 aliphatic heterocycles. The average Bonchev–Trinajstić information content (AvgIpc) is 2.35. The lowest BCUT2D eigenvalue weighted by Crippen LogP contribution is -2.43. The van der Waals surface area contributed by atoms with Gasteiger partial charge in [-0.2, -0.15) is 0 Å². The number of piperidine rings is 1. The molecule has 1 aliphatic rings. The van der Waals surface area contributed by atoms with Crippen molar-refractivity contribution in [2.45, 2.75) is 45.6 Å². The largest absolute Gasteiger partial charge is 0.370 e. The number of nitrogens with zero attached hydrogens (tertiary/aromatic N) is 1. The quantitative estimate of drug-likeness (QED) is 0.768. The number of amides is 2. The lowest BCUT2D eigenvalue weighted by Gasteiger charge is -2.32. The van der Waals surface area contributed by atoms with Crippen LogP contribution in [0.2, 0.25) is 0 Å². The van der Waals surface area contributed by atoms with Crippen LogP contribution in [-0.4, -0.2) is 42.5 Å². The Hall–Kier alpha value is -1.10. The minimum Gasteiger partial charge on any atom is -0.370 e. The molecule has 0 bridgehead atoms. The first-order valence-corrected chi connectivity index (χ1v) is 6.70. The van der Waals surface area contributed by atoms with Crippen LogP contribution in [0.1, 0.15) is 39.5 Å². The Morgan fingerprint density at radius 1 is 1.50 bits per heavy atom. The number of rotatable bonds is 6. The predicted molar refractivity (Wildman–Crippen MR) is 68.8 cm³/mol. The lowest BCUT2D eigenvalue weighted by atomic mass is 9.94. The number of ether oxygens (including phenoxy) is 1. The van der Waals surface area contributed by atoms with E-state index in [1.54, 1.807) is 4.90 Å². The maximum absolute atomic E-state index is 11.9. The van der Waals surface area contributed by atoms with E-state index in [0.29, 0.717) is 13.0 Å². The highest BCUT2D eigenvalue weighted by molar-refractivity contribution is 5.78. The molecule has 0 aromatic carbocycles. The van der Waals surface area contributed by atoms with Crippen molar-refractivity contribution in [1.82, 2.24) is 4.90 Å². The van der Waals surface area contributed by atoms with E-state index >= 15 is 0 Å². The molecule has 0 aromatic rings. The molecule has 18 heavy (non-hydrogen) atoms. The Kier molecular flexibility index (Phi) is 6.12. The monoisotopic (exact) mass is 256 g/mol. The van der Waals surface area contributed by atoms with Crippen LogP contribution in [0, 0.1) is 5.92 Å². The van der Waals surface area contributed by atoms with Gasteiger partial charge in [-0.15, -0.1) is 0 Å². The molecule has 2 N–H and O–H groups in total. The standard InChI is InChI=1S/C13H24N2O3/c1-3-10(2)18-9-13(17)15-6-4-5-11(8-15)7-12(14)16/h10-11H,3-9H2,1-2H3,(H2,14,16)/t10-,11-/m0/s1. The third kappa shape index (κ3) is 5.04. The number of primary amides is 1. The Labute approximate surface area is 109 Å². The molecule has 0 aromatic heterocycles. The topological polar surface area (TPSA) is 72.6 Å². The predicted octanol–water partition coefficient (Wildman–Crippen LogP) is 0.915. The van der Waals surface area contributed by atoms with Crippen LogP contribution in [0.25, 0.3) is 0 Å². The van der Waals surface area contributed by atoms with Crippen LogP contribution in [0.3, 0.4) is 0 Å². The van der Waals surface area contributed by atoms with Crippen LogP contribution in [0.5, 0.6) is 0 Å². The minimum atomic E-state index is -0.287. The summed E-state index contributed by atoms with van der Waals surface area (Å²) in [6.07, 6.45) is 3.29. The zero-order valence-corrected chi connectivity index (χ0v) is 11.4. The fourth-order valence-electron chi connectivity index (χ4n) is 2.17. The zero-order valence-electron chi connectivity index (χ0n) is 11.4. The molecule has 0 radical (unpaired) electrons. The number of nitrogens with two attached hydrogens (primary N) is 1. The first kappa shape index (κ1) is 15.0. The van der Waals surface area contributed by atoms with Gasteiger partial charge in [0.05, 0.1) is 6.10 Å². The molecular weight excluding hydrogens is 232 g/mol. The number of hydrogen-bond donors (Lipinski definition) is 1. The van der Waals surface area contributed by atoms with Gasteiger partial charge in [-0.25, -0.2) is 0 Å². The molecule has 2 amide bonds. The molecule has 0 saturated carbocycles. The fraction of sp³-hybridized carbons (Fsp3) is 0.846. The smallest absolute Gasteiger partial charge is 0.248 e. The van der Waals surface area contributed by atoms with Gasteiger partial charge in [-0.05, 0) is 32.1 Å². The van der Waals surface area contributed by atoms with Crippen LogP contribution in [0.4, 0.5) is 0 Å². The zero-order chi connectivity index (χ0) is 13.5. The van der Waals surface area contributed by atoms with Crippen molar-refractivity contribution >= 4 is 11.8 Å². The Balaban J connectivity index is 2.36. The van der Waals surface area contributed by atoms with Crippen LogP contribution < -0.4 is 5.73 Å². The van der Waals surface area contributed by atoms with E-state index in [4.69, 9.17) is 10.5 Å². The van der Waals surface area contributed by atoms with Crippen LogP contribution >= 0.6 is 0 Å². The van der Waals surface area contributed by atoms with Crippen molar-refractivity contribution in [1.29, 1.82) is 0 Å². The van der Waals surface area contributed by atoms with Gasteiger partial charge in [0.2, 0.25) is 11.8 Å². The van der Waals surface area contributed by atoms with E-state index in [0.717, 1.165) is 25.8 Å². The Morgan fingerprint density at radius 3 is 2.83 bits per heavy atom. The van der Waals surface area contributed by atoms with Gasteiger partial charge in [0.1, 0.15) is 6.61 Å². The molecule has 1 rings (SSSR count). The molecule has 1 saturated heterocycles. The molecule has 5 nitrogen and oxygen atoms in total. The molecule has 1 heterocycles. The number of carbonyl (C=O) groups excluding carboxylic acids is 2. The summed E-state index contributed by atoms with van der Waals surface area (Å²) in [4.78, 5) is 24.6. The maximum atomic E-state index is 11.9. The normalized spacial score (nSPS) is 21.7. The van der Waals surface area contributed by atoms with Gasteiger partial charge in [0.15, 0.2) is 0 Å². The molecule has 5 heteroatoms. The highest BCUT2D eigenvalue weighted by atomic mass is 16.5. The maximum Gasteiger partial charge on any atom is 0.248 e. The summed E-state index contributed by atoms with van der Waals surface area (Å²) >= 11 is 0. The highest BCUT2D eigenvalue weighted by Crippen LogP contribution is 2.19. The summed E-state index contributed by atoms with van der Waals surface area (Å²) < 4.78 is 5.44. The Bertz CT molecular complexity index is 294. The van der Waals surface area contributed by atoms with Gasteiger partial charge in [-0.3, -0.25) is 9.59 Å². The Morgan fingerprint density at radius 2 is 2.22 bits per heavy atom. The summed E-state index contributed by atoms with van der Waals surface area (Å²) in [6, 6.07) is 0. The summed E-state index contributed by atoms with van der Waals surface area (Å²) in [5.74, 6) is -0.0570. The second-order valence-corrected chi connectivity index (χ2v) is 5.05. The van der Waals surface area contributed by atoms with Crippen LogP contribution in [0.15, 0.2) is 0 Å². The summed E-state index contributed by atoms with van der Waals surface area (Å²) in [5, 5.41) is 0. The molecule has 0 spiro atoms. The number of hydrogen-bond acceptors (Lipinski definition) is 3. The SMILES string of the molecule is CC[C@H](C)OCC(=O)N1CCC[C@@H](CC(N)=O)C1. The van der Waals surface area contributed by atoms with Crippen LogP contribution in [-0.2, 0) is 14.3 Å². The van der Waals surface area contributed by atoms with Gasteiger partial charge in [0, 0.05) is 19.5 Å². The summed E-state index contributed by atoms with van der Waals surface area (Å²) in [5.41, 5.74) is 5.19. The van der Waals surface area contributed by atoms with E-state index in [-0.39, 0.29) is 30.4 Å². The van der Waals surface area contributed by atoms with E-state index in [2.05, 4.69) is 0 Å². The van der Waals surface area contributed by atoms with Gasteiger partial charge >= 0.3 is 0 Å². The number of carbonyl (C=O) groups is 2. The lowest BCUT2D eigenvalue weighted by molar-refractivity contribution is -0.140. The minimum absolute atomic E-state index is 0.0180. The number of likely N-dealkylation sites (tertiary alicyclic amines) is 1. The van der Waals surface area contributed by atoms with E-state index in [1.807, 2.05) is 13.8 Å².